The SMILES string of the molecule is CC1CC1(O)c1cccc(N(C)C)c1. The fourth-order valence-corrected chi connectivity index (χ4v) is 1.86. The van der Waals surface area contributed by atoms with E-state index < -0.39 is 5.60 Å². The van der Waals surface area contributed by atoms with Crippen LogP contribution in [0.25, 0.3) is 0 Å². The zero-order chi connectivity index (χ0) is 10.3. The summed E-state index contributed by atoms with van der Waals surface area (Å²) in [5.74, 6) is 0.403. The Morgan fingerprint density at radius 2 is 2.07 bits per heavy atom. The van der Waals surface area contributed by atoms with Gasteiger partial charge in [0.25, 0.3) is 0 Å². The first-order chi connectivity index (χ1) is 6.54. The van der Waals surface area contributed by atoms with Gasteiger partial charge in [-0.25, -0.2) is 0 Å². The van der Waals surface area contributed by atoms with E-state index in [0.29, 0.717) is 5.92 Å². The molecule has 0 spiro atoms. The van der Waals surface area contributed by atoms with Crippen molar-refractivity contribution in [3.8, 4) is 0 Å². The molecule has 0 heterocycles. The molecule has 0 bridgehead atoms. The number of hydrogen-bond donors (Lipinski definition) is 1. The average molecular weight is 191 g/mol. The largest absolute Gasteiger partial charge is 0.385 e. The second-order valence-electron chi connectivity index (χ2n) is 4.47. The maximum atomic E-state index is 10.2. The second-order valence-corrected chi connectivity index (χ2v) is 4.47. The van der Waals surface area contributed by atoms with Crippen LogP contribution in [0.2, 0.25) is 0 Å². The molecule has 2 atom stereocenters. The Morgan fingerprint density at radius 3 is 2.57 bits per heavy atom. The predicted molar refractivity (Wildman–Crippen MR) is 58.4 cm³/mol. The van der Waals surface area contributed by atoms with Gasteiger partial charge in [0.15, 0.2) is 0 Å². The Hall–Kier alpha value is -1.02. The number of nitrogens with zero attached hydrogens (tertiary/aromatic N) is 1. The van der Waals surface area contributed by atoms with E-state index in [1.165, 1.54) is 0 Å². The Morgan fingerprint density at radius 1 is 1.43 bits per heavy atom. The monoisotopic (exact) mass is 191 g/mol. The number of benzene rings is 1. The van der Waals surface area contributed by atoms with Crippen molar-refractivity contribution >= 4 is 5.69 Å². The van der Waals surface area contributed by atoms with E-state index in [0.717, 1.165) is 17.7 Å². The highest BCUT2D eigenvalue weighted by molar-refractivity contribution is 5.49. The first-order valence-electron chi connectivity index (χ1n) is 5.04. The Bertz CT molecular complexity index is 348. The standard InChI is InChI=1S/C12H17NO/c1-9-8-12(9,14)10-5-4-6-11(7-10)13(2)3/h4-7,9,14H,8H2,1-3H3. The van der Waals surface area contributed by atoms with Gasteiger partial charge in [0.05, 0.1) is 5.60 Å². The molecule has 1 aliphatic carbocycles. The molecule has 2 unspecified atom stereocenters. The summed E-state index contributed by atoms with van der Waals surface area (Å²) in [5.41, 5.74) is 1.65. The van der Waals surface area contributed by atoms with Gasteiger partial charge in [-0.3, -0.25) is 0 Å². The zero-order valence-corrected chi connectivity index (χ0v) is 8.99. The van der Waals surface area contributed by atoms with Crippen LogP contribution in [-0.4, -0.2) is 19.2 Å². The van der Waals surface area contributed by atoms with Crippen LogP contribution in [0.1, 0.15) is 18.9 Å². The minimum atomic E-state index is -0.550. The normalized spacial score (nSPS) is 30.1. The molecule has 1 saturated carbocycles. The van der Waals surface area contributed by atoms with Crippen molar-refractivity contribution < 1.29 is 5.11 Å². The van der Waals surface area contributed by atoms with E-state index >= 15 is 0 Å². The summed E-state index contributed by atoms with van der Waals surface area (Å²) in [4.78, 5) is 2.06. The molecule has 14 heavy (non-hydrogen) atoms. The average Bonchev–Trinajstić information content (AvgIpc) is 2.76. The van der Waals surface area contributed by atoms with Gasteiger partial charge in [0.1, 0.15) is 0 Å². The van der Waals surface area contributed by atoms with Crippen molar-refractivity contribution in [2.45, 2.75) is 18.9 Å². The van der Waals surface area contributed by atoms with Crippen molar-refractivity contribution in [3.63, 3.8) is 0 Å². The summed E-state index contributed by atoms with van der Waals surface area (Å²) >= 11 is 0. The van der Waals surface area contributed by atoms with Gasteiger partial charge in [-0.2, -0.15) is 0 Å². The smallest absolute Gasteiger partial charge is 0.0927 e. The second kappa shape index (κ2) is 2.99. The molecule has 1 aromatic rings. The third-order valence-electron chi connectivity index (χ3n) is 3.13. The van der Waals surface area contributed by atoms with Gasteiger partial charge >= 0.3 is 0 Å². The summed E-state index contributed by atoms with van der Waals surface area (Å²) in [7, 11) is 4.03. The summed E-state index contributed by atoms with van der Waals surface area (Å²) in [6.07, 6.45) is 0.893. The molecule has 2 nitrogen and oxygen atoms in total. The molecule has 0 amide bonds. The third-order valence-corrected chi connectivity index (χ3v) is 3.13. The van der Waals surface area contributed by atoms with Crippen molar-refractivity contribution in [1.29, 1.82) is 0 Å². The Labute approximate surface area is 85.2 Å². The van der Waals surface area contributed by atoms with Gasteiger partial charge in [-0.05, 0) is 30.0 Å². The molecule has 0 aliphatic heterocycles. The number of rotatable bonds is 2. The topological polar surface area (TPSA) is 23.5 Å². The highest BCUT2D eigenvalue weighted by atomic mass is 16.3. The number of anilines is 1. The van der Waals surface area contributed by atoms with Crippen LogP contribution in [0.15, 0.2) is 24.3 Å². The molecule has 2 rings (SSSR count). The first-order valence-corrected chi connectivity index (χ1v) is 5.04. The summed E-state index contributed by atoms with van der Waals surface area (Å²) in [5, 5.41) is 10.2. The quantitative estimate of drug-likeness (QED) is 0.772. The first kappa shape index (κ1) is 9.53. The molecule has 1 N–H and O–H groups in total. The van der Waals surface area contributed by atoms with Crippen LogP contribution >= 0.6 is 0 Å². The lowest BCUT2D eigenvalue weighted by atomic mass is 10.1. The minimum Gasteiger partial charge on any atom is -0.385 e. The predicted octanol–water partition coefficient (Wildman–Crippen LogP) is 1.98. The fraction of sp³-hybridized carbons (Fsp3) is 0.500. The summed E-state index contributed by atoms with van der Waals surface area (Å²) in [6, 6.07) is 8.15. The highest BCUT2D eigenvalue weighted by Gasteiger charge is 2.50. The van der Waals surface area contributed by atoms with E-state index in [1.54, 1.807) is 0 Å². The van der Waals surface area contributed by atoms with Gasteiger partial charge in [0, 0.05) is 19.8 Å². The molecular weight excluding hydrogens is 174 g/mol. The van der Waals surface area contributed by atoms with E-state index in [1.807, 2.05) is 26.2 Å². The zero-order valence-electron chi connectivity index (χ0n) is 8.99. The maximum absolute atomic E-state index is 10.2. The molecule has 76 valence electrons. The highest BCUT2D eigenvalue weighted by Crippen LogP contribution is 2.51. The van der Waals surface area contributed by atoms with Gasteiger partial charge in [0.2, 0.25) is 0 Å². The minimum absolute atomic E-state index is 0.403. The van der Waals surface area contributed by atoms with Crippen LogP contribution < -0.4 is 4.90 Å². The van der Waals surface area contributed by atoms with E-state index in [4.69, 9.17) is 0 Å². The van der Waals surface area contributed by atoms with Crippen LogP contribution in [0.3, 0.4) is 0 Å². The van der Waals surface area contributed by atoms with Crippen LogP contribution in [-0.2, 0) is 5.60 Å². The van der Waals surface area contributed by atoms with Crippen LogP contribution in [0.4, 0.5) is 5.69 Å². The van der Waals surface area contributed by atoms with Crippen molar-refractivity contribution in [3.05, 3.63) is 29.8 Å². The molecule has 1 aliphatic rings. The lowest BCUT2D eigenvalue weighted by molar-refractivity contribution is 0.135. The number of aliphatic hydroxyl groups is 1. The van der Waals surface area contributed by atoms with Crippen LogP contribution in [0, 0.1) is 5.92 Å². The third kappa shape index (κ3) is 1.40. The van der Waals surface area contributed by atoms with Crippen molar-refractivity contribution in [1.82, 2.24) is 0 Å². The summed E-state index contributed by atoms with van der Waals surface area (Å²) in [6.45, 7) is 2.09. The van der Waals surface area contributed by atoms with E-state index in [-0.39, 0.29) is 0 Å². The molecule has 1 aromatic carbocycles. The van der Waals surface area contributed by atoms with E-state index in [9.17, 15) is 5.11 Å². The van der Waals surface area contributed by atoms with Crippen molar-refractivity contribution in [2.24, 2.45) is 5.92 Å². The molecular formula is C12H17NO. The lowest BCUT2D eigenvalue weighted by Gasteiger charge is -2.16. The molecule has 0 radical (unpaired) electrons. The molecule has 1 fully saturated rings. The van der Waals surface area contributed by atoms with Crippen LogP contribution in [0.5, 0.6) is 0 Å². The number of hydrogen-bond acceptors (Lipinski definition) is 2. The van der Waals surface area contributed by atoms with Gasteiger partial charge in [-0.15, -0.1) is 0 Å². The Balaban J connectivity index is 2.32. The summed E-state index contributed by atoms with van der Waals surface area (Å²) < 4.78 is 0. The maximum Gasteiger partial charge on any atom is 0.0927 e. The van der Waals surface area contributed by atoms with Gasteiger partial charge in [-0.1, -0.05) is 19.1 Å². The van der Waals surface area contributed by atoms with Gasteiger partial charge < -0.3 is 10.0 Å². The van der Waals surface area contributed by atoms with E-state index in [2.05, 4.69) is 24.0 Å². The molecule has 2 heteroatoms. The fourth-order valence-electron chi connectivity index (χ4n) is 1.86. The van der Waals surface area contributed by atoms with Crippen molar-refractivity contribution in [2.75, 3.05) is 19.0 Å². The Kier molecular flexibility index (Phi) is 2.04. The lowest BCUT2D eigenvalue weighted by Crippen LogP contribution is -2.12. The molecule has 0 aromatic heterocycles. The molecule has 0 saturated heterocycles.